The zero-order valence-corrected chi connectivity index (χ0v) is 12.2. The van der Waals surface area contributed by atoms with Gasteiger partial charge in [0.2, 0.25) is 5.91 Å². The van der Waals surface area contributed by atoms with E-state index in [1.54, 1.807) is 26.0 Å². The number of nitrogens with zero attached hydrogens (tertiary/aromatic N) is 1. The maximum atomic E-state index is 13.3. The quantitative estimate of drug-likeness (QED) is 0.798. The molecule has 116 valence electrons. The fraction of sp³-hybridized carbons (Fsp3) is 0.467. The predicted molar refractivity (Wildman–Crippen MR) is 75.6 cm³/mol. The molecular weight excluding hydrogens is 277 g/mol. The van der Waals surface area contributed by atoms with Crippen LogP contribution in [0.3, 0.4) is 0 Å². The number of carbonyl (C=O) groups excluding carboxylic acids is 1. The molecule has 1 amide bonds. The van der Waals surface area contributed by atoms with Crippen LogP contribution in [0.25, 0.3) is 0 Å². The summed E-state index contributed by atoms with van der Waals surface area (Å²) in [6, 6.07) is 5.97. The molecule has 5 nitrogen and oxygen atoms in total. The van der Waals surface area contributed by atoms with Gasteiger partial charge in [0.1, 0.15) is 0 Å². The Balaban J connectivity index is 2.44. The first-order valence-corrected chi connectivity index (χ1v) is 6.83. The number of rotatable bonds is 8. The lowest BCUT2D eigenvalue weighted by Crippen LogP contribution is -2.37. The lowest BCUT2D eigenvalue weighted by molar-refractivity contribution is -0.143. The minimum absolute atomic E-state index is 0.0533. The van der Waals surface area contributed by atoms with E-state index in [9.17, 15) is 14.0 Å². The number of carboxylic acids is 1. The molecule has 1 aromatic rings. The van der Waals surface area contributed by atoms with Gasteiger partial charge in [0.05, 0.1) is 18.9 Å². The highest BCUT2D eigenvalue weighted by atomic mass is 19.1. The summed E-state index contributed by atoms with van der Waals surface area (Å²) in [7, 11) is 0. The molecule has 0 radical (unpaired) electrons. The summed E-state index contributed by atoms with van der Waals surface area (Å²) >= 11 is 0. The minimum atomic E-state index is -0.941. The van der Waals surface area contributed by atoms with E-state index in [1.807, 2.05) is 0 Å². The molecule has 0 heterocycles. The summed E-state index contributed by atoms with van der Waals surface area (Å²) in [6.07, 6.45) is 0.0779. The summed E-state index contributed by atoms with van der Waals surface area (Å²) in [5.41, 5.74) is 0. The van der Waals surface area contributed by atoms with Gasteiger partial charge in [-0.15, -0.1) is 0 Å². The Bertz CT molecular complexity index is 492. The SMILES string of the molecule is CCN(CC(C)C(=O)O)C(=O)CCOc1ccccc1F. The molecule has 1 unspecified atom stereocenters. The van der Waals surface area contributed by atoms with Gasteiger partial charge in [0.15, 0.2) is 11.6 Å². The highest BCUT2D eigenvalue weighted by molar-refractivity contribution is 5.77. The molecule has 21 heavy (non-hydrogen) atoms. The first kappa shape index (κ1) is 16.9. The number of para-hydroxylation sites is 1. The molecule has 0 aliphatic carbocycles. The lowest BCUT2D eigenvalue weighted by atomic mass is 10.1. The number of amides is 1. The molecule has 1 aromatic carbocycles. The maximum Gasteiger partial charge on any atom is 0.308 e. The van der Waals surface area contributed by atoms with Gasteiger partial charge in [-0.05, 0) is 19.1 Å². The fourth-order valence-electron chi connectivity index (χ4n) is 1.78. The Labute approximate surface area is 123 Å². The third-order valence-corrected chi connectivity index (χ3v) is 3.06. The Morgan fingerprint density at radius 2 is 2.05 bits per heavy atom. The smallest absolute Gasteiger partial charge is 0.308 e. The second-order valence-corrected chi connectivity index (χ2v) is 4.70. The number of ether oxygens (including phenoxy) is 1. The van der Waals surface area contributed by atoms with Gasteiger partial charge in [0, 0.05) is 13.1 Å². The zero-order valence-electron chi connectivity index (χ0n) is 12.2. The second kappa shape index (κ2) is 8.24. The van der Waals surface area contributed by atoms with Gasteiger partial charge >= 0.3 is 5.97 Å². The van der Waals surface area contributed by atoms with Crippen LogP contribution in [-0.2, 0) is 9.59 Å². The van der Waals surface area contributed by atoms with Crippen LogP contribution in [-0.4, -0.2) is 41.6 Å². The molecular formula is C15H20FNO4. The number of halogens is 1. The Hall–Kier alpha value is -2.11. The predicted octanol–water partition coefficient (Wildman–Crippen LogP) is 2.16. The van der Waals surface area contributed by atoms with Crippen molar-refractivity contribution >= 4 is 11.9 Å². The van der Waals surface area contributed by atoms with E-state index in [4.69, 9.17) is 9.84 Å². The highest BCUT2D eigenvalue weighted by Crippen LogP contribution is 2.15. The standard InChI is InChI=1S/C15H20FNO4/c1-3-17(10-11(2)15(19)20)14(18)8-9-21-13-7-5-4-6-12(13)16/h4-7,11H,3,8-10H2,1-2H3,(H,19,20). The van der Waals surface area contributed by atoms with Gasteiger partial charge < -0.3 is 14.7 Å². The highest BCUT2D eigenvalue weighted by Gasteiger charge is 2.19. The normalized spacial score (nSPS) is 11.8. The number of hydrogen-bond acceptors (Lipinski definition) is 3. The van der Waals surface area contributed by atoms with Gasteiger partial charge in [-0.3, -0.25) is 9.59 Å². The summed E-state index contributed by atoms with van der Waals surface area (Å²) in [6.45, 7) is 3.97. The van der Waals surface area contributed by atoms with E-state index in [2.05, 4.69) is 0 Å². The Morgan fingerprint density at radius 3 is 2.62 bits per heavy atom. The molecule has 6 heteroatoms. The van der Waals surface area contributed by atoms with E-state index < -0.39 is 17.7 Å². The van der Waals surface area contributed by atoms with Crippen molar-refractivity contribution in [2.45, 2.75) is 20.3 Å². The van der Waals surface area contributed by atoms with Crippen LogP contribution in [0.1, 0.15) is 20.3 Å². The molecule has 0 aliphatic rings. The molecule has 1 N–H and O–H groups in total. The van der Waals surface area contributed by atoms with Gasteiger partial charge in [0.25, 0.3) is 0 Å². The largest absolute Gasteiger partial charge is 0.490 e. The molecule has 0 saturated carbocycles. The third-order valence-electron chi connectivity index (χ3n) is 3.06. The van der Waals surface area contributed by atoms with Crippen molar-refractivity contribution in [1.29, 1.82) is 0 Å². The van der Waals surface area contributed by atoms with Crippen molar-refractivity contribution in [2.75, 3.05) is 19.7 Å². The van der Waals surface area contributed by atoms with Crippen LogP contribution >= 0.6 is 0 Å². The summed E-state index contributed by atoms with van der Waals surface area (Å²) in [4.78, 5) is 24.2. The van der Waals surface area contributed by atoms with Crippen LogP contribution < -0.4 is 4.74 Å². The first-order valence-electron chi connectivity index (χ1n) is 6.83. The van der Waals surface area contributed by atoms with Crippen LogP contribution in [0, 0.1) is 11.7 Å². The van der Waals surface area contributed by atoms with Gasteiger partial charge in [-0.2, -0.15) is 0 Å². The van der Waals surface area contributed by atoms with E-state index in [-0.39, 0.29) is 31.2 Å². The lowest BCUT2D eigenvalue weighted by Gasteiger charge is -2.23. The number of aliphatic carboxylic acids is 1. The number of benzene rings is 1. The maximum absolute atomic E-state index is 13.3. The van der Waals surface area contributed by atoms with Crippen molar-refractivity contribution in [3.05, 3.63) is 30.1 Å². The average molecular weight is 297 g/mol. The van der Waals surface area contributed by atoms with E-state index in [1.165, 1.54) is 17.0 Å². The fourth-order valence-corrected chi connectivity index (χ4v) is 1.78. The Morgan fingerprint density at radius 1 is 1.38 bits per heavy atom. The molecule has 0 spiro atoms. The van der Waals surface area contributed by atoms with Gasteiger partial charge in [-0.25, -0.2) is 4.39 Å². The van der Waals surface area contributed by atoms with Crippen molar-refractivity contribution in [2.24, 2.45) is 5.92 Å². The van der Waals surface area contributed by atoms with Gasteiger partial charge in [-0.1, -0.05) is 19.1 Å². The third kappa shape index (κ3) is 5.41. The Kier molecular flexibility index (Phi) is 6.65. The van der Waals surface area contributed by atoms with Crippen molar-refractivity contribution < 1.29 is 23.8 Å². The van der Waals surface area contributed by atoms with E-state index >= 15 is 0 Å². The van der Waals surface area contributed by atoms with Crippen LogP contribution in [0.4, 0.5) is 4.39 Å². The average Bonchev–Trinajstić information content (AvgIpc) is 2.46. The zero-order chi connectivity index (χ0) is 15.8. The van der Waals surface area contributed by atoms with Crippen LogP contribution in [0.2, 0.25) is 0 Å². The second-order valence-electron chi connectivity index (χ2n) is 4.70. The molecule has 0 bridgehead atoms. The van der Waals surface area contributed by atoms with Crippen LogP contribution in [0.5, 0.6) is 5.75 Å². The van der Waals surface area contributed by atoms with Crippen molar-refractivity contribution in [3.8, 4) is 5.75 Å². The number of carboxylic acid groups (broad SMARTS) is 1. The van der Waals surface area contributed by atoms with Crippen molar-refractivity contribution in [3.63, 3.8) is 0 Å². The number of hydrogen-bond donors (Lipinski definition) is 1. The molecule has 0 aliphatic heterocycles. The van der Waals surface area contributed by atoms with Crippen molar-refractivity contribution in [1.82, 2.24) is 4.90 Å². The van der Waals surface area contributed by atoms with E-state index in [0.717, 1.165) is 0 Å². The first-order chi connectivity index (χ1) is 9.95. The molecule has 1 rings (SSSR count). The van der Waals surface area contributed by atoms with Crippen LogP contribution in [0.15, 0.2) is 24.3 Å². The molecule has 1 atom stereocenters. The summed E-state index contributed by atoms with van der Waals surface area (Å²) in [5, 5.41) is 8.86. The monoisotopic (exact) mass is 297 g/mol. The summed E-state index contributed by atoms with van der Waals surface area (Å²) in [5.74, 6) is -2.14. The van der Waals surface area contributed by atoms with E-state index in [0.29, 0.717) is 6.54 Å². The minimum Gasteiger partial charge on any atom is -0.490 e. The molecule has 0 saturated heterocycles. The molecule has 0 aromatic heterocycles. The number of carbonyl (C=O) groups is 2. The molecule has 0 fully saturated rings. The topological polar surface area (TPSA) is 66.8 Å². The summed E-state index contributed by atoms with van der Waals surface area (Å²) < 4.78 is 18.5.